The molecule has 3 atom stereocenters. The van der Waals surface area contributed by atoms with E-state index in [9.17, 15) is 0 Å². The highest BCUT2D eigenvalue weighted by Gasteiger charge is 2.27. The molecule has 166 valence electrons. The molecule has 0 bridgehead atoms. The third-order valence-corrected chi connectivity index (χ3v) is 6.57. The number of ether oxygens (including phenoxy) is 1. The second kappa shape index (κ2) is 12.1. The maximum atomic E-state index is 6.10. The van der Waals surface area contributed by atoms with Crippen LogP contribution in [0.4, 0.5) is 0 Å². The Balaban J connectivity index is 1.80. The smallest absolute Gasteiger partial charge is 0.139 e. The molecule has 1 aliphatic carbocycles. The van der Waals surface area contributed by atoms with Crippen LogP contribution in [0.2, 0.25) is 0 Å². The van der Waals surface area contributed by atoms with Crippen LogP contribution in [0.15, 0.2) is 35.0 Å². The summed E-state index contributed by atoms with van der Waals surface area (Å²) in [4.78, 5) is 6.10. The topological polar surface area (TPSA) is 42.9 Å². The van der Waals surface area contributed by atoms with Gasteiger partial charge in [0.1, 0.15) is 11.9 Å². The number of oxime groups is 1. The summed E-state index contributed by atoms with van der Waals surface area (Å²) in [5, 5.41) is 8.35. The fourth-order valence-electron chi connectivity index (χ4n) is 4.74. The number of benzene rings is 1. The molecule has 0 aromatic heterocycles. The van der Waals surface area contributed by atoms with Crippen molar-refractivity contribution in [2.45, 2.75) is 90.2 Å². The lowest BCUT2D eigenvalue weighted by Gasteiger charge is -2.27. The number of hydrogen-bond acceptors (Lipinski definition) is 4. The van der Waals surface area contributed by atoms with E-state index in [1.54, 1.807) is 7.11 Å². The second-order valence-electron chi connectivity index (χ2n) is 8.84. The predicted molar refractivity (Wildman–Crippen MR) is 126 cm³/mol. The number of nitrogens with one attached hydrogen (secondary N) is 1. The van der Waals surface area contributed by atoms with Crippen LogP contribution in [-0.2, 0) is 4.84 Å². The normalized spacial score (nSPS) is 25.6. The number of rotatable bonds is 10. The number of nitrogens with zero attached hydrogens (tertiary/aromatic N) is 1. The zero-order valence-corrected chi connectivity index (χ0v) is 19.2. The number of unbranched alkanes of at least 4 members (excludes halogenated alkanes) is 3. The first-order valence-corrected chi connectivity index (χ1v) is 12.0. The summed E-state index contributed by atoms with van der Waals surface area (Å²) in [6.07, 6.45) is 14.7. The molecule has 2 aliphatic rings. The maximum Gasteiger partial charge on any atom is 0.139 e. The molecule has 1 saturated carbocycles. The van der Waals surface area contributed by atoms with Crippen LogP contribution in [0.25, 0.3) is 6.08 Å². The molecule has 0 spiro atoms. The van der Waals surface area contributed by atoms with E-state index in [0.29, 0.717) is 12.0 Å². The minimum Gasteiger partial charge on any atom is -0.496 e. The summed E-state index contributed by atoms with van der Waals surface area (Å²) in [5.41, 5.74) is 3.62. The minimum atomic E-state index is 0.107. The van der Waals surface area contributed by atoms with E-state index in [2.05, 4.69) is 37.4 Å². The van der Waals surface area contributed by atoms with Gasteiger partial charge in [-0.05, 0) is 69.7 Å². The zero-order valence-electron chi connectivity index (χ0n) is 19.2. The Kier molecular flexibility index (Phi) is 9.26. The van der Waals surface area contributed by atoms with Gasteiger partial charge in [0, 0.05) is 17.5 Å². The molecule has 1 aromatic carbocycles. The van der Waals surface area contributed by atoms with Gasteiger partial charge in [-0.25, -0.2) is 0 Å². The third kappa shape index (κ3) is 6.34. The van der Waals surface area contributed by atoms with Crippen LogP contribution in [0.5, 0.6) is 5.75 Å². The molecule has 0 amide bonds. The molecule has 1 aromatic rings. The lowest BCUT2D eigenvalue weighted by molar-refractivity contribution is 0.0474. The fourth-order valence-corrected chi connectivity index (χ4v) is 4.74. The predicted octanol–water partition coefficient (Wildman–Crippen LogP) is 6.36. The molecule has 3 rings (SSSR count). The van der Waals surface area contributed by atoms with Crippen molar-refractivity contribution in [1.82, 2.24) is 5.32 Å². The molecule has 1 saturated heterocycles. The molecule has 2 fully saturated rings. The molecule has 3 unspecified atom stereocenters. The van der Waals surface area contributed by atoms with E-state index >= 15 is 0 Å². The first-order valence-electron chi connectivity index (χ1n) is 12.0. The van der Waals surface area contributed by atoms with Crippen molar-refractivity contribution in [3.8, 4) is 5.75 Å². The van der Waals surface area contributed by atoms with Gasteiger partial charge in [-0.15, -0.1) is 0 Å². The lowest BCUT2D eigenvalue weighted by Crippen LogP contribution is -2.34. The van der Waals surface area contributed by atoms with Gasteiger partial charge in [0.05, 0.1) is 12.8 Å². The van der Waals surface area contributed by atoms with Crippen molar-refractivity contribution in [3.05, 3.63) is 35.4 Å². The van der Waals surface area contributed by atoms with Crippen molar-refractivity contribution in [2.75, 3.05) is 13.7 Å². The van der Waals surface area contributed by atoms with Crippen molar-refractivity contribution in [1.29, 1.82) is 0 Å². The molecule has 1 N–H and O–H groups in total. The molecule has 0 radical (unpaired) electrons. The third-order valence-electron chi connectivity index (χ3n) is 6.57. The van der Waals surface area contributed by atoms with E-state index in [4.69, 9.17) is 14.7 Å². The summed E-state index contributed by atoms with van der Waals surface area (Å²) in [6.45, 7) is 5.51. The van der Waals surface area contributed by atoms with Gasteiger partial charge < -0.3 is 14.9 Å². The van der Waals surface area contributed by atoms with Gasteiger partial charge in [0.25, 0.3) is 0 Å². The van der Waals surface area contributed by atoms with Crippen molar-refractivity contribution in [2.24, 2.45) is 11.1 Å². The Hall–Kier alpha value is -1.81. The molecule has 1 aliphatic heterocycles. The maximum absolute atomic E-state index is 6.10. The molecular formula is C26H40N2O2. The Morgan fingerprint density at radius 1 is 1.17 bits per heavy atom. The van der Waals surface area contributed by atoms with E-state index in [1.807, 2.05) is 12.1 Å². The van der Waals surface area contributed by atoms with Crippen molar-refractivity contribution >= 4 is 11.8 Å². The average Bonchev–Trinajstić information content (AvgIpc) is 3.31. The van der Waals surface area contributed by atoms with Crippen molar-refractivity contribution < 1.29 is 9.57 Å². The standard InChI is InChI=1S/C26H40N2O2/c1-4-5-6-7-12-21-14-10-15-23(19-22-13-8-9-17-25(22)29-3)26(21)28-30-20(2)24-16-11-18-27-24/h8-9,13,17,19-21,24,27H,4-7,10-12,14-16,18H2,1-3H3/b23-19+,28-26+. The molecule has 4 nitrogen and oxygen atoms in total. The lowest BCUT2D eigenvalue weighted by atomic mass is 9.80. The number of hydrogen-bond donors (Lipinski definition) is 1. The Morgan fingerprint density at radius 2 is 2.03 bits per heavy atom. The summed E-state index contributed by atoms with van der Waals surface area (Å²) < 4.78 is 5.58. The van der Waals surface area contributed by atoms with Crippen LogP contribution in [0.1, 0.15) is 83.6 Å². The van der Waals surface area contributed by atoms with Gasteiger partial charge in [-0.2, -0.15) is 0 Å². The Bertz CT molecular complexity index is 707. The monoisotopic (exact) mass is 412 g/mol. The highest BCUT2D eigenvalue weighted by atomic mass is 16.6. The van der Waals surface area contributed by atoms with E-state index in [0.717, 1.165) is 24.3 Å². The number of allylic oxidation sites excluding steroid dienone is 1. The number of methoxy groups -OCH3 is 1. The van der Waals surface area contributed by atoms with Gasteiger partial charge in [0.2, 0.25) is 0 Å². The SMILES string of the molecule is CCCCCCC1CCCC(=C\c2ccccc2OC)/C1=N/OC(C)C1CCCN1. The van der Waals surface area contributed by atoms with Gasteiger partial charge in [-0.3, -0.25) is 0 Å². The highest BCUT2D eigenvalue weighted by Crippen LogP contribution is 2.33. The van der Waals surface area contributed by atoms with E-state index < -0.39 is 0 Å². The van der Waals surface area contributed by atoms with Gasteiger partial charge >= 0.3 is 0 Å². The Morgan fingerprint density at radius 3 is 2.80 bits per heavy atom. The van der Waals surface area contributed by atoms with Crippen molar-refractivity contribution in [3.63, 3.8) is 0 Å². The van der Waals surface area contributed by atoms with Gasteiger partial charge in [0.15, 0.2) is 0 Å². The van der Waals surface area contributed by atoms with Crippen LogP contribution >= 0.6 is 0 Å². The summed E-state index contributed by atoms with van der Waals surface area (Å²) in [6, 6.07) is 8.66. The van der Waals surface area contributed by atoms with Crippen LogP contribution < -0.4 is 10.1 Å². The first-order chi connectivity index (χ1) is 14.7. The summed E-state index contributed by atoms with van der Waals surface area (Å²) >= 11 is 0. The van der Waals surface area contributed by atoms with E-state index in [1.165, 1.54) is 69.1 Å². The average molecular weight is 413 g/mol. The van der Waals surface area contributed by atoms with Crippen LogP contribution in [-0.4, -0.2) is 31.5 Å². The quantitative estimate of drug-likeness (QED) is 0.359. The fraction of sp³-hybridized carbons (Fsp3) is 0.654. The second-order valence-corrected chi connectivity index (χ2v) is 8.84. The number of para-hydroxylation sites is 1. The summed E-state index contributed by atoms with van der Waals surface area (Å²) in [5.74, 6) is 1.42. The van der Waals surface area contributed by atoms with Crippen LogP contribution in [0.3, 0.4) is 0 Å². The zero-order chi connectivity index (χ0) is 21.2. The largest absolute Gasteiger partial charge is 0.496 e. The highest BCUT2D eigenvalue weighted by molar-refractivity contribution is 6.05. The molecule has 4 heteroatoms. The first kappa shape index (κ1) is 22.9. The molecule has 1 heterocycles. The Labute approximate surface area is 183 Å². The molecule has 30 heavy (non-hydrogen) atoms. The van der Waals surface area contributed by atoms with Gasteiger partial charge in [-0.1, -0.05) is 56.0 Å². The van der Waals surface area contributed by atoms with E-state index in [-0.39, 0.29) is 6.10 Å². The molecular weight excluding hydrogens is 372 g/mol. The minimum absolute atomic E-state index is 0.107. The summed E-state index contributed by atoms with van der Waals surface area (Å²) in [7, 11) is 1.74. The van der Waals surface area contributed by atoms with Crippen LogP contribution in [0, 0.1) is 5.92 Å².